The van der Waals surface area contributed by atoms with Crippen molar-refractivity contribution in [1.29, 1.82) is 0 Å². The maximum atomic E-state index is 13.0. The van der Waals surface area contributed by atoms with Crippen LogP contribution >= 0.6 is 11.6 Å². The molecule has 0 atom stereocenters. The van der Waals surface area contributed by atoms with Gasteiger partial charge in [0.05, 0.1) is 16.6 Å². The molecule has 0 fully saturated rings. The maximum absolute atomic E-state index is 13.0. The Morgan fingerprint density at radius 3 is 2.69 bits per heavy atom. The van der Waals surface area contributed by atoms with Crippen molar-refractivity contribution in [1.82, 2.24) is 4.98 Å². The highest BCUT2D eigenvalue weighted by Gasteiger charge is 2.45. The smallest absolute Gasteiger partial charge is 0.209 e. The van der Waals surface area contributed by atoms with E-state index >= 15 is 0 Å². The molecule has 2 N–H and O–H groups in total. The number of carbonyl (C=O) groups excluding carboxylic acids is 1. The predicted molar refractivity (Wildman–Crippen MR) is 116 cm³/mol. The number of Topliss-reactive ketones (excluding diaryl/α,β-unsaturated/α-hetero) is 1. The minimum atomic E-state index is -0.334. The van der Waals surface area contributed by atoms with Crippen LogP contribution in [0.4, 0.5) is 5.69 Å². The van der Waals surface area contributed by atoms with Gasteiger partial charge in [-0.3, -0.25) is 4.79 Å². The van der Waals surface area contributed by atoms with Crippen LogP contribution in [0, 0.1) is 0 Å². The molecule has 2 aromatic carbocycles. The fourth-order valence-electron chi connectivity index (χ4n) is 4.49. The van der Waals surface area contributed by atoms with Crippen LogP contribution < -0.4 is 0 Å². The van der Waals surface area contributed by atoms with Crippen LogP contribution in [0.5, 0.6) is 0 Å². The molecule has 0 radical (unpaired) electrons. The summed E-state index contributed by atoms with van der Waals surface area (Å²) in [7, 11) is 1.97. The molecule has 0 amide bonds. The summed E-state index contributed by atoms with van der Waals surface area (Å²) < 4.78 is 2.06. The first-order valence-corrected chi connectivity index (χ1v) is 9.86. The summed E-state index contributed by atoms with van der Waals surface area (Å²) >= 11 is 6.21. The van der Waals surface area contributed by atoms with E-state index in [9.17, 15) is 9.90 Å². The fourth-order valence-corrected chi connectivity index (χ4v) is 4.66. The molecule has 5 rings (SSSR count). The van der Waals surface area contributed by atoms with Gasteiger partial charge in [-0.05, 0) is 32.0 Å². The van der Waals surface area contributed by atoms with E-state index in [1.807, 2.05) is 55.6 Å². The van der Waals surface area contributed by atoms with E-state index in [1.165, 1.54) is 0 Å². The van der Waals surface area contributed by atoms with Gasteiger partial charge in [-0.2, -0.15) is 4.58 Å². The number of para-hydroxylation sites is 1. The number of aliphatic hydroxyl groups excluding tert-OH is 1. The van der Waals surface area contributed by atoms with Crippen LogP contribution in [0.3, 0.4) is 0 Å². The molecule has 0 bridgehead atoms. The van der Waals surface area contributed by atoms with E-state index in [0.29, 0.717) is 16.2 Å². The third-order valence-electron chi connectivity index (χ3n) is 6.10. The number of aromatic nitrogens is 1. The molecule has 144 valence electrons. The Balaban J connectivity index is 1.61. The quantitative estimate of drug-likeness (QED) is 0.450. The summed E-state index contributed by atoms with van der Waals surface area (Å²) in [6.07, 6.45) is 3.59. The van der Waals surface area contributed by atoms with Gasteiger partial charge in [0.15, 0.2) is 5.71 Å². The number of fused-ring (bicyclic) bond motifs is 2. The van der Waals surface area contributed by atoms with Crippen LogP contribution in [0.25, 0.3) is 16.5 Å². The zero-order valence-corrected chi connectivity index (χ0v) is 17.1. The summed E-state index contributed by atoms with van der Waals surface area (Å²) in [4.78, 5) is 16.2. The lowest BCUT2D eigenvalue weighted by molar-refractivity contribution is -0.401. The summed E-state index contributed by atoms with van der Waals surface area (Å²) in [5, 5.41) is 12.4. The Kier molecular flexibility index (Phi) is 3.68. The molecule has 0 spiro atoms. The molecule has 29 heavy (non-hydrogen) atoms. The highest BCUT2D eigenvalue weighted by atomic mass is 35.5. The number of aliphatic hydroxyl groups is 1. The van der Waals surface area contributed by atoms with Crippen LogP contribution in [0.15, 0.2) is 66.1 Å². The van der Waals surface area contributed by atoms with Crippen molar-refractivity contribution in [2.24, 2.45) is 0 Å². The second kappa shape index (κ2) is 5.94. The Labute approximate surface area is 173 Å². The molecular formula is C24H20ClN2O2+. The lowest BCUT2D eigenvalue weighted by atomic mass is 9.77. The zero-order valence-electron chi connectivity index (χ0n) is 16.4. The number of rotatable bonds is 2. The number of ketones is 1. The highest BCUT2D eigenvalue weighted by molar-refractivity contribution is 6.41. The number of hydrogen-bond acceptors (Lipinski definition) is 2. The molecule has 0 unspecified atom stereocenters. The molecule has 2 aliphatic rings. The van der Waals surface area contributed by atoms with Crippen LogP contribution in [-0.2, 0) is 10.2 Å². The number of nitrogens with zero attached hydrogens (tertiary/aromatic N) is 1. The second-order valence-corrected chi connectivity index (χ2v) is 8.53. The molecule has 5 heteroatoms. The molecule has 0 saturated carbocycles. The van der Waals surface area contributed by atoms with E-state index in [4.69, 9.17) is 11.6 Å². The summed E-state index contributed by atoms with van der Waals surface area (Å²) in [6, 6.07) is 13.6. The molecule has 2 heterocycles. The first-order valence-electron chi connectivity index (χ1n) is 9.48. The van der Waals surface area contributed by atoms with Crippen LogP contribution in [-0.4, -0.2) is 33.2 Å². The van der Waals surface area contributed by atoms with Gasteiger partial charge in [-0.15, -0.1) is 0 Å². The number of carbonyl (C=O) groups is 1. The second-order valence-electron chi connectivity index (χ2n) is 8.09. The van der Waals surface area contributed by atoms with Gasteiger partial charge >= 0.3 is 0 Å². The molecule has 0 saturated heterocycles. The number of hydrogen-bond donors (Lipinski definition) is 2. The minimum absolute atomic E-state index is 0.0467. The summed E-state index contributed by atoms with van der Waals surface area (Å²) in [6.45, 7) is 4.20. The topological polar surface area (TPSA) is 56.1 Å². The van der Waals surface area contributed by atoms with Crippen molar-refractivity contribution in [3.8, 4) is 0 Å². The molecule has 3 aromatic rings. The van der Waals surface area contributed by atoms with Crippen molar-refractivity contribution in [2.45, 2.75) is 19.3 Å². The van der Waals surface area contributed by atoms with E-state index in [0.717, 1.165) is 33.4 Å². The number of H-pyrrole nitrogens is 1. The lowest BCUT2D eigenvalue weighted by Crippen LogP contribution is -2.30. The average Bonchev–Trinajstić information content (AvgIpc) is 3.18. The van der Waals surface area contributed by atoms with E-state index < -0.39 is 0 Å². The molecule has 4 nitrogen and oxygen atoms in total. The van der Waals surface area contributed by atoms with E-state index in [2.05, 4.69) is 23.4 Å². The van der Waals surface area contributed by atoms with E-state index in [1.54, 1.807) is 6.20 Å². The zero-order chi connectivity index (χ0) is 20.5. The lowest BCUT2D eigenvalue weighted by Gasteiger charge is -2.22. The van der Waals surface area contributed by atoms with Crippen molar-refractivity contribution in [3.63, 3.8) is 0 Å². The van der Waals surface area contributed by atoms with Crippen molar-refractivity contribution >= 4 is 45.3 Å². The van der Waals surface area contributed by atoms with Gasteiger partial charge in [0.25, 0.3) is 0 Å². The fraction of sp³-hybridized carbons (Fsp3) is 0.167. The largest absolute Gasteiger partial charge is 0.506 e. The van der Waals surface area contributed by atoms with Gasteiger partial charge < -0.3 is 10.1 Å². The SMILES string of the molecule is C[N+]1=C(/C=C2/C(=O)C(c3c[nH]c4ccccc34)=C2O)C(C)(C)c2cc(Cl)ccc21. The predicted octanol–water partition coefficient (Wildman–Crippen LogP) is 5.31. The first kappa shape index (κ1) is 18.0. The Hall–Kier alpha value is -3.11. The third-order valence-corrected chi connectivity index (χ3v) is 6.33. The van der Waals surface area contributed by atoms with Crippen molar-refractivity contribution in [2.75, 3.05) is 7.05 Å². The number of halogens is 1. The van der Waals surface area contributed by atoms with Gasteiger partial charge in [-0.1, -0.05) is 29.8 Å². The number of allylic oxidation sites excluding steroid dienone is 3. The van der Waals surface area contributed by atoms with Gasteiger partial charge in [-0.25, -0.2) is 0 Å². The standard InChI is InChI=1S/C24H19ClN2O2/c1-24(2)17-10-13(25)8-9-19(17)27(3)20(24)11-15-22(28)21(23(15)29)16-12-26-18-7-5-4-6-14(16)18/h4-12H,1-3H3,(H,28,29)/p+1. The van der Waals surface area contributed by atoms with E-state index in [-0.39, 0.29) is 17.0 Å². The normalized spacial score (nSPS) is 19.3. The Morgan fingerprint density at radius 1 is 1.17 bits per heavy atom. The van der Waals surface area contributed by atoms with Crippen molar-refractivity contribution < 1.29 is 14.5 Å². The van der Waals surface area contributed by atoms with Crippen molar-refractivity contribution in [3.05, 3.63) is 82.2 Å². The average molecular weight is 404 g/mol. The monoisotopic (exact) mass is 403 g/mol. The maximum Gasteiger partial charge on any atom is 0.209 e. The first-order chi connectivity index (χ1) is 13.8. The van der Waals surface area contributed by atoms with Gasteiger partial charge in [0.2, 0.25) is 11.5 Å². The molecule has 1 aliphatic carbocycles. The Morgan fingerprint density at radius 2 is 1.93 bits per heavy atom. The minimum Gasteiger partial charge on any atom is -0.506 e. The highest BCUT2D eigenvalue weighted by Crippen LogP contribution is 2.43. The number of nitrogens with one attached hydrogen (secondary N) is 1. The molecule has 1 aliphatic heterocycles. The summed E-state index contributed by atoms with van der Waals surface area (Å²) in [5.41, 5.74) is 5.16. The molecule has 1 aromatic heterocycles. The van der Waals surface area contributed by atoms with Crippen LogP contribution in [0.2, 0.25) is 5.02 Å². The summed E-state index contributed by atoms with van der Waals surface area (Å²) in [5.74, 6) is -0.0941. The molecular weight excluding hydrogens is 384 g/mol. The third kappa shape index (κ3) is 2.39. The Bertz CT molecular complexity index is 1320. The van der Waals surface area contributed by atoms with Gasteiger partial charge in [0, 0.05) is 45.4 Å². The number of benzene rings is 2. The number of aromatic amines is 1. The van der Waals surface area contributed by atoms with Gasteiger partial charge in [0.1, 0.15) is 12.8 Å². The van der Waals surface area contributed by atoms with Crippen LogP contribution in [0.1, 0.15) is 25.0 Å².